The van der Waals surface area contributed by atoms with E-state index < -0.39 is 0 Å². The van der Waals surface area contributed by atoms with E-state index in [1.807, 2.05) is 6.92 Å². The fourth-order valence-corrected chi connectivity index (χ4v) is 2.85. The third-order valence-corrected chi connectivity index (χ3v) is 4.21. The maximum absolute atomic E-state index is 11.9. The van der Waals surface area contributed by atoms with Gasteiger partial charge in [0.1, 0.15) is 5.75 Å². The van der Waals surface area contributed by atoms with Crippen molar-refractivity contribution in [1.29, 1.82) is 0 Å². The molecule has 0 radical (unpaired) electrons. The largest absolute Gasteiger partial charge is 0.508 e. The highest BCUT2D eigenvalue weighted by Gasteiger charge is 2.39. The molecule has 1 aliphatic rings. The number of carbonyl (C=O) groups excluding carboxylic acids is 2. The number of ketones is 1. The van der Waals surface area contributed by atoms with E-state index in [0.29, 0.717) is 18.7 Å². The Hall–Kier alpha value is -1.88. The zero-order valence-electron chi connectivity index (χ0n) is 12.8. The highest BCUT2D eigenvalue weighted by Crippen LogP contribution is 2.32. The minimum Gasteiger partial charge on any atom is -0.508 e. The van der Waals surface area contributed by atoms with Crippen molar-refractivity contribution in [1.82, 2.24) is 10.2 Å². The molecule has 0 aromatic heterocycles. The highest BCUT2D eigenvalue weighted by atomic mass is 16.3. The quantitative estimate of drug-likeness (QED) is 0.826. The summed E-state index contributed by atoms with van der Waals surface area (Å²) in [6, 6.07) is 4.91. The van der Waals surface area contributed by atoms with Gasteiger partial charge in [-0.3, -0.25) is 14.5 Å². The molecule has 114 valence electrons. The van der Waals surface area contributed by atoms with Crippen LogP contribution in [0.1, 0.15) is 36.2 Å². The Kier molecular flexibility index (Phi) is 4.32. The number of Topliss-reactive ketones (excluding diaryl/α,β-unsaturated/α-hetero) is 1. The molecule has 5 heteroatoms. The van der Waals surface area contributed by atoms with Gasteiger partial charge in [0.05, 0.1) is 5.41 Å². The summed E-state index contributed by atoms with van der Waals surface area (Å²) in [4.78, 5) is 25.5. The van der Waals surface area contributed by atoms with Crippen LogP contribution in [0.5, 0.6) is 5.75 Å². The summed E-state index contributed by atoms with van der Waals surface area (Å²) in [5, 5.41) is 12.7. The van der Waals surface area contributed by atoms with Crippen molar-refractivity contribution < 1.29 is 14.7 Å². The van der Waals surface area contributed by atoms with Gasteiger partial charge in [0.25, 0.3) is 0 Å². The summed E-state index contributed by atoms with van der Waals surface area (Å²) < 4.78 is 0. The van der Waals surface area contributed by atoms with Crippen LogP contribution in [0.3, 0.4) is 0 Å². The average Bonchev–Trinajstić information content (AvgIpc) is 2.82. The van der Waals surface area contributed by atoms with Gasteiger partial charge < -0.3 is 10.4 Å². The van der Waals surface area contributed by atoms with Gasteiger partial charge in [0.15, 0.2) is 5.78 Å². The zero-order valence-corrected chi connectivity index (χ0v) is 12.8. The lowest BCUT2D eigenvalue weighted by Gasteiger charge is -2.23. The van der Waals surface area contributed by atoms with Crippen molar-refractivity contribution in [2.24, 2.45) is 5.41 Å². The lowest BCUT2D eigenvalue weighted by molar-refractivity contribution is -0.129. The normalized spacial score (nSPS) is 22.2. The maximum Gasteiger partial charge on any atom is 0.227 e. The predicted octanol–water partition coefficient (Wildman–Crippen LogP) is 1.55. The summed E-state index contributed by atoms with van der Waals surface area (Å²) in [5.74, 6) is 0.216. The molecule has 1 saturated heterocycles. The fraction of sp³-hybridized carbons (Fsp3) is 0.500. The molecule has 0 aliphatic carbocycles. The molecule has 0 bridgehead atoms. The number of phenolic OH excluding ortho intramolecular Hbond substituents is 1. The molecule has 1 heterocycles. The number of nitrogens with one attached hydrogen (secondary N) is 1. The number of amides is 1. The third kappa shape index (κ3) is 3.24. The van der Waals surface area contributed by atoms with Crippen LogP contribution in [-0.4, -0.2) is 41.8 Å². The summed E-state index contributed by atoms with van der Waals surface area (Å²) in [6.07, 6.45) is 0.792. The van der Waals surface area contributed by atoms with Crippen molar-refractivity contribution in [3.8, 4) is 5.75 Å². The number of hydrogen-bond acceptors (Lipinski definition) is 4. The van der Waals surface area contributed by atoms with E-state index in [1.165, 1.54) is 6.92 Å². The number of phenols is 1. The van der Waals surface area contributed by atoms with E-state index in [9.17, 15) is 14.7 Å². The van der Waals surface area contributed by atoms with E-state index >= 15 is 0 Å². The molecule has 1 aromatic rings. The van der Waals surface area contributed by atoms with Gasteiger partial charge >= 0.3 is 0 Å². The number of carbonyl (C=O) groups is 2. The van der Waals surface area contributed by atoms with Gasteiger partial charge in [0.2, 0.25) is 5.91 Å². The van der Waals surface area contributed by atoms with Crippen LogP contribution < -0.4 is 5.32 Å². The van der Waals surface area contributed by atoms with E-state index in [2.05, 4.69) is 10.2 Å². The summed E-state index contributed by atoms with van der Waals surface area (Å²) in [5.41, 5.74) is 0.933. The summed E-state index contributed by atoms with van der Waals surface area (Å²) >= 11 is 0. The molecular formula is C16H22N2O3. The second kappa shape index (κ2) is 5.85. The van der Waals surface area contributed by atoms with E-state index in [-0.39, 0.29) is 22.9 Å². The molecular weight excluding hydrogens is 268 g/mol. The Bertz CT molecular complexity index is 571. The third-order valence-electron chi connectivity index (χ3n) is 4.21. The van der Waals surface area contributed by atoms with E-state index in [0.717, 1.165) is 18.5 Å². The Morgan fingerprint density at radius 2 is 2.14 bits per heavy atom. The lowest BCUT2D eigenvalue weighted by atomic mass is 9.89. The van der Waals surface area contributed by atoms with Crippen LogP contribution in [-0.2, 0) is 11.3 Å². The minimum atomic E-state index is -0.386. The van der Waals surface area contributed by atoms with Gasteiger partial charge in [0, 0.05) is 31.3 Å². The van der Waals surface area contributed by atoms with Crippen LogP contribution in [0, 0.1) is 5.41 Å². The first-order valence-electron chi connectivity index (χ1n) is 7.13. The van der Waals surface area contributed by atoms with Gasteiger partial charge in [-0.05, 0) is 45.0 Å². The molecule has 2 N–H and O–H groups in total. The number of likely N-dealkylation sites (tertiary alicyclic amines) is 1. The molecule has 1 fully saturated rings. The maximum atomic E-state index is 11.9. The molecule has 1 unspecified atom stereocenters. The van der Waals surface area contributed by atoms with Crippen LogP contribution >= 0.6 is 0 Å². The van der Waals surface area contributed by atoms with Gasteiger partial charge in [-0.15, -0.1) is 0 Å². The number of nitrogens with zero attached hydrogens (tertiary/aromatic N) is 1. The number of hydrogen-bond donors (Lipinski definition) is 2. The second-order valence-corrected chi connectivity index (χ2v) is 6.00. The Balaban J connectivity index is 2.12. The zero-order chi connectivity index (χ0) is 15.6. The van der Waals surface area contributed by atoms with Crippen molar-refractivity contribution in [2.75, 3.05) is 20.1 Å². The fourth-order valence-electron chi connectivity index (χ4n) is 2.85. The molecule has 2 rings (SSSR count). The standard InChI is InChI=1S/C16H22N2O3/c1-11(19)12-4-5-14(20)13(8-12)9-18-7-6-16(2,10-18)15(21)17-3/h4-5,8,20H,6-7,9-10H2,1-3H3,(H,17,21). The monoisotopic (exact) mass is 290 g/mol. The molecule has 0 saturated carbocycles. The molecule has 0 spiro atoms. The van der Waals surface area contributed by atoms with Crippen LogP contribution in [0.4, 0.5) is 0 Å². The first-order chi connectivity index (χ1) is 9.85. The molecule has 1 atom stereocenters. The summed E-state index contributed by atoms with van der Waals surface area (Å²) in [6.45, 7) is 5.45. The van der Waals surface area contributed by atoms with E-state index in [1.54, 1.807) is 25.2 Å². The van der Waals surface area contributed by atoms with Crippen molar-refractivity contribution in [3.05, 3.63) is 29.3 Å². The summed E-state index contributed by atoms with van der Waals surface area (Å²) in [7, 11) is 1.65. The lowest BCUT2D eigenvalue weighted by Crippen LogP contribution is -2.39. The Morgan fingerprint density at radius 1 is 1.43 bits per heavy atom. The first kappa shape index (κ1) is 15.5. The highest BCUT2D eigenvalue weighted by molar-refractivity contribution is 5.94. The molecule has 21 heavy (non-hydrogen) atoms. The van der Waals surface area contributed by atoms with Gasteiger partial charge in [-0.1, -0.05) is 0 Å². The molecule has 1 aliphatic heterocycles. The topological polar surface area (TPSA) is 69.6 Å². The Labute approximate surface area is 125 Å². The average molecular weight is 290 g/mol. The van der Waals surface area contributed by atoms with Crippen LogP contribution in [0.25, 0.3) is 0 Å². The SMILES string of the molecule is CNC(=O)C1(C)CCN(Cc2cc(C(C)=O)ccc2O)C1. The van der Waals surface area contributed by atoms with Gasteiger partial charge in [-0.25, -0.2) is 0 Å². The minimum absolute atomic E-state index is 0.0205. The number of benzene rings is 1. The van der Waals surface area contributed by atoms with Crippen LogP contribution in [0.15, 0.2) is 18.2 Å². The predicted molar refractivity (Wildman–Crippen MR) is 80.2 cm³/mol. The number of aromatic hydroxyl groups is 1. The number of rotatable bonds is 4. The van der Waals surface area contributed by atoms with Crippen molar-refractivity contribution in [2.45, 2.75) is 26.8 Å². The van der Waals surface area contributed by atoms with Crippen LogP contribution in [0.2, 0.25) is 0 Å². The van der Waals surface area contributed by atoms with Crippen molar-refractivity contribution >= 4 is 11.7 Å². The van der Waals surface area contributed by atoms with E-state index in [4.69, 9.17) is 0 Å². The smallest absolute Gasteiger partial charge is 0.227 e. The molecule has 5 nitrogen and oxygen atoms in total. The Morgan fingerprint density at radius 3 is 2.76 bits per heavy atom. The molecule has 1 aromatic carbocycles. The van der Waals surface area contributed by atoms with Crippen molar-refractivity contribution in [3.63, 3.8) is 0 Å². The van der Waals surface area contributed by atoms with Gasteiger partial charge in [-0.2, -0.15) is 0 Å². The first-order valence-corrected chi connectivity index (χ1v) is 7.13. The second-order valence-electron chi connectivity index (χ2n) is 6.00. The molecule has 1 amide bonds.